The highest BCUT2D eigenvalue weighted by Gasteiger charge is 2.18. The largest absolute Gasteiger partial charge is 0.457 e. The minimum atomic E-state index is -0.525. The molecule has 4 aromatic rings. The highest BCUT2D eigenvalue weighted by Crippen LogP contribution is 2.23. The van der Waals surface area contributed by atoms with Gasteiger partial charge in [0.2, 0.25) is 0 Å². The number of benzene rings is 1. The van der Waals surface area contributed by atoms with E-state index in [0.29, 0.717) is 10.2 Å². The molecule has 0 aliphatic rings. The summed E-state index contributed by atoms with van der Waals surface area (Å²) in [6, 6.07) is 14.3. The number of carbonyl (C=O) groups is 1. The van der Waals surface area contributed by atoms with Crippen LogP contribution in [0.3, 0.4) is 0 Å². The Bertz CT molecular complexity index is 1290. The zero-order valence-corrected chi connectivity index (χ0v) is 16.4. The highest BCUT2D eigenvalue weighted by atomic mass is 32.1. The molecule has 0 saturated heterocycles. The fourth-order valence-electron chi connectivity index (χ4n) is 2.99. The van der Waals surface area contributed by atoms with Crippen LogP contribution in [0.5, 0.6) is 0 Å². The second-order valence-corrected chi connectivity index (χ2v) is 7.51. The predicted octanol–water partition coefficient (Wildman–Crippen LogP) is 2.56. The van der Waals surface area contributed by atoms with E-state index >= 15 is 0 Å². The summed E-state index contributed by atoms with van der Waals surface area (Å²) in [5.41, 5.74) is 0.786. The number of fused-ring (bicyclic) bond motifs is 1. The average Bonchev–Trinajstić information content (AvgIpc) is 3.21. The third-order valence-corrected chi connectivity index (χ3v) is 5.71. The molecular formula is C21H17N3O4S. The van der Waals surface area contributed by atoms with Crippen LogP contribution in [-0.2, 0) is 24.9 Å². The number of hydrogen-bond donors (Lipinski definition) is 0. The molecule has 0 saturated carbocycles. The summed E-state index contributed by atoms with van der Waals surface area (Å²) >= 11 is 1.08. The predicted molar refractivity (Wildman–Crippen MR) is 110 cm³/mol. The molecule has 0 atom stereocenters. The molecule has 146 valence electrons. The minimum Gasteiger partial charge on any atom is -0.457 e. The number of hydrogen-bond acceptors (Lipinski definition) is 6. The van der Waals surface area contributed by atoms with E-state index in [4.69, 9.17) is 4.74 Å². The van der Waals surface area contributed by atoms with Crippen LogP contribution >= 0.6 is 11.3 Å². The van der Waals surface area contributed by atoms with Gasteiger partial charge in [-0.2, -0.15) is 0 Å². The molecule has 3 aromatic heterocycles. The molecule has 29 heavy (non-hydrogen) atoms. The van der Waals surface area contributed by atoms with E-state index in [1.165, 1.54) is 10.6 Å². The Morgan fingerprint density at radius 2 is 1.79 bits per heavy atom. The Balaban J connectivity index is 1.67. The van der Waals surface area contributed by atoms with E-state index in [0.717, 1.165) is 27.0 Å². The van der Waals surface area contributed by atoms with Crippen molar-refractivity contribution < 1.29 is 9.53 Å². The van der Waals surface area contributed by atoms with Crippen LogP contribution in [0.15, 0.2) is 70.5 Å². The normalized spacial score (nSPS) is 10.9. The van der Waals surface area contributed by atoms with Crippen molar-refractivity contribution in [3.05, 3.63) is 97.8 Å². The van der Waals surface area contributed by atoms with E-state index in [1.54, 1.807) is 31.6 Å². The molecule has 0 unspecified atom stereocenters. The fraction of sp³-hybridized carbons (Fsp3) is 0.143. The third kappa shape index (κ3) is 3.74. The number of ether oxygens (including phenoxy) is 1. The number of rotatable bonds is 5. The monoisotopic (exact) mass is 407 g/mol. The van der Waals surface area contributed by atoms with Gasteiger partial charge in [-0.1, -0.05) is 30.3 Å². The summed E-state index contributed by atoms with van der Waals surface area (Å²) in [5, 5.41) is 0.317. The summed E-state index contributed by atoms with van der Waals surface area (Å²) in [4.78, 5) is 42.7. The van der Waals surface area contributed by atoms with Crippen molar-refractivity contribution >= 4 is 27.5 Å². The Labute approximate surface area is 169 Å². The molecule has 0 spiro atoms. The molecule has 0 N–H and O–H groups in total. The molecule has 4 rings (SSSR count). The molecular weight excluding hydrogens is 390 g/mol. The number of esters is 1. The van der Waals surface area contributed by atoms with Crippen molar-refractivity contribution in [2.24, 2.45) is 7.05 Å². The van der Waals surface area contributed by atoms with Crippen LogP contribution in [0.1, 0.15) is 20.8 Å². The number of pyridine rings is 1. The first-order chi connectivity index (χ1) is 14.0. The number of thiophene rings is 1. The summed E-state index contributed by atoms with van der Waals surface area (Å²) in [6.07, 6.45) is 3.21. The number of nitrogens with zero attached hydrogens (tertiary/aromatic N) is 3. The summed E-state index contributed by atoms with van der Waals surface area (Å²) in [6.45, 7) is 0.271. The van der Waals surface area contributed by atoms with Gasteiger partial charge >= 0.3 is 11.7 Å². The van der Waals surface area contributed by atoms with E-state index in [-0.39, 0.29) is 18.0 Å². The number of aromatic nitrogens is 3. The quantitative estimate of drug-likeness (QED) is 0.475. The van der Waals surface area contributed by atoms with Crippen molar-refractivity contribution in [3.63, 3.8) is 0 Å². The zero-order valence-electron chi connectivity index (χ0n) is 15.6. The molecule has 0 aliphatic heterocycles. The van der Waals surface area contributed by atoms with Crippen molar-refractivity contribution in [1.29, 1.82) is 0 Å². The van der Waals surface area contributed by atoms with Crippen LogP contribution in [0.2, 0.25) is 0 Å². The minimum absolute atomic E-state index is 0.133. The number of carbonyl (C=O) groups excluding carboxylic acids is 1. The SMILES string of the molecule is Cn1c(=O)n(Cc2ccncc2)c(=O)c2cc(C(=O)OCc3ccccc3)sc21. The highest BCUT2D eigenvalue weighted by molar-refractivity contribution is 7.20. The van der Waals surface area contributed by atoms with Gasteiger partial charge in [-0.25, -0.2) is 9.59 Å². The second kappa shape index (κ2) is 7.84. The van der Waals surface area contributed by atoms with Crippen LogP contribution < -0.4 is 11.2 Å². The lowest BCUT2D eigenvalue weighted by Crippen LogP contribution is -2.38. The Morgan fingerprint density at radius 1 is 1.07 bits per heavy atom. The Morgan fingerprint density at radius 3 is 2.52 bits per heavy atom. The van der Waals surface area contributed by atoms with Gasteiger partial charge < -0.3 is 4.74 Å². The molecule has 1 aromatic carbocycles. The van der Waals surface area contributed by atoms with Crippen molar-refractivity contribution in [2.75, 3.05) is 0 Å². The third-order valence-electron chi connectivity index (χ3n) is 4.51. The standard InChI is InChI=1S/C21H17N3O4S/c1-23-19-16(18(25)24(21(23)27)12-14-7-9-22-10-8-14)11-17(29-19)20(26)28-13-15-5-3-2-4-6-15/h2-11H,12-13H2,1H3. The molecule has 0 amide bonds. The van der Waals surface area contributed by atoms with Gasteiger partial charge in [0.1, 0.15) is 16.3 Å². The smallest absolute Gasteiger partial charge is 0.348 e. The maximum absolute atomic E-state index is 12.9. The van der Waals surface area contributed by atoms with Gasteiger partial charge in [-0.05, 0) is 29.3 Å². The van der Waals surface area contributed by atoms with E-state index in [1.807, 2.05) is 30.3 Å². The van der Waals surface area contributed by atoms with E-state index < -0.39 is 17.2 Å². The van der Waals surface area contributed by atoms with Crippen LogP contribution in [0.25, 0.3) is 10.2 Å². The van der Waals surface area contributed by atoms with Gasteiger partial charge in [-0.3, -0.25) is 18.9 Å². The maximum Gasteiger partial charge on any atom is 0.348 e. The van der Waals surface area contributed by atoms with E-state index in [2.05, 4.69) is 4.98 Å². The molecule has 0 bridgehead atoms. The van der Waals surface area contributed by atoms with Gasteiger partial charge in [-0.15, -0.1) is 11.3 Å². The second-order valence-electron chi connectivity index (χ2n) is 6.48. The van der Waals surface area contributed by atoms with Crippen molar-refractivity contribution in [2.45, 2.75) is 13.2 Å². The Kier molecular flexibility index (Phi) is 5.09. The van der Waals surface area contributed by atoms with E-state index in [9.17, 15) is 14.4 Å². The summed E-state index contributed by atoms with van der Waals surface area (Å²) in [5.74, 6) is -0.525. The number of aryl methyl sites for hydroxylation is 1. The van der Waals surface area contributed by atoms with Crippen molar-refractivity contribution in [1.82, 2.24) is 14.1 Å². The summed E-state index contributed by atoms with van der Waals surface area (Å²) in [7, 11) is 1.59. The van der Waals surface area contributed by atoms with Crippen LogP contribution in [0.4, 0.5) is 0 Å². The first-order valence-electron chi connectivity index (χ1n) is 8.88. The van der Waals surface area contributed by atoms with Crippen molar-refractivity contribution in [3.8, 4) is 0 Å². The topological polar surface area (TPSA) is 83.2 Å². The van der Waals surface area contributed by atoms with Gasteiger partial charge in [0.25, 0.3) is 5.56 Å². The molecule has 8 heteroatoms. The van der Waals surface area contributed by atoms with Gasteiger partial charge in [0.05, 0.1) is 11.9 Å². The first-order valence-corrected chi connectivity index (χ1v) is 9.69. The molecule has 0 radical (unpaired) electrons. The fourth-order valence-corrected chi connectivity index (χ4v) is 3.99. The summed E-state index contributed by atoms with van der Waals surface area (Å²) < 4.78 is 7.89. The lowest BCUT2D eigenvalue weighted by Gasteiger charge is -2.08. The molecule has 7 nitrogen and oxygen atoms in total. The lowest BCUT2D eigenvalue weighted by molar-refractivity contribution is 0.0478. The maximum atomic E-state index is 12.9. The van der Waals surface area contributed by atoms with Gasteiger partial charge in [0.15, 0.2) is 0 Å². The van der Waals surface area contributed by atoms with Crippen LogP contribution in [0, 0.1) is 0 Å². The Hall–Kier alpha value is -3.52. The van der Waals surface area contributed by atoms with Crippen LogP contribution in [-0.4, -0.2) is 20.1 Å². The zero-order chi connectivity index (χ0) is 20.4. The average molecular weight is 407 g/mol. The van der Waals surface area contributed by atoms with Gasteiger partial charge in [0, 0.05) is 19.4 Å². The lowest BCUT2D eigenvalue weighted by atomic mass is 10.2. The molecule has 3 heterocycles. The molecule has 0 fully saturated rings. The molecule has 0 aliphatic carbocycles. The first kappa shape index (κ1) is 18.8.